The molecule has 0 aliphatic carbocycles. The first-order valence-corrected chi connectivity index (χ1v) is 9.70. The Morgan fingerprint density at radius 3 is 2.79 bits per heavy atom. The van der Waals surface area contributed by atoms with E-state index in [0.717, 1.165) is 15.8 Å². The topological polar surface area (TPSA) is 63.5 Å². The van der Waals surface area contributed by atoms with Crippen LogP contribution >= 0.6 is 22.9 Å². The van der Waals surface area contributed by atoms with Gasteiger partial charge in [-0.15, -0.1) is 6.58 Å². The Kier molecular flexibility index (Phi) is 6.23. The largest absolute Gasteiger partial charge is 0.326 e. The van der Waals surface area contributed by atoms with Crippen LogP contribution in [0.2, 0.25) is 5.02 Å². The Hall–Kier alpha value is -2.96. The van der Waals surface area contributed by atoms with Crippen molar-refractivity contribution >= 4 is 56.7 Å². The zero-order valence-electron chi connectivity index (χ0n) is 15.2. The molecule has 3 rings (SSSR count). The number of nitrogens with one attached hydrogen (secondary N) is 1. The van der Waals surface area contributed by atoms with Crippen LogP contribution in [0, 0.1) is 0 Å². The predicted octanol–water partition coefficient (Wildman–Crippen LogP) is 4.64. The van der Waals surface area contributed by atoms with Crippen molar-refractivity contribution < 1.29 is 9.59 Å². The minimum absolute atomic E-state index is 0.139. The maximum absolute atomic E-state index is 12.4. The van der Waals surface area contributed by atoms with Gasteiger partial charge in [0.25, 0.3) is 5.91 Å². The highest BCUT2D eigenvalue weighted by atomic mass is 35.5. The minimum Gasteiger partial charge on any atom is -0.326 e. The van der Waals surface area contributed by atoms with E-state index in [1.165, 1.54) is 24.3 Å². The summed E-state index contributed by atoms with van der Waals surface area (Å²) in [5.74, 6) is -0.522. The number of aromatic nitrogens is 1. The maximum atomic E-state index is 12.4. The molecule has 5 nitrogen and oxygen atoms in total. The molecular weight excluding hydrogens is 394 g/mol. The predicted molar refractivity (Wildman–Crippen MR) is 115 cm³/mol. The molecule has 142 valence electrons. The van der Waals surface area contributed by atoms with Crippen molar-refractivity contribution in [2.45, 2.75) is 13.5 Å². The first-order chi connectivity index (χ1) is 13.5. The van der Waals surface area contributed by atoms with Gasteiger partial charge < -0.3 is 9.88 Å². The van der Waals surface area contributed by atoms with E-state index in [2.05, 4.69) is 16.9 Å². The number of benzene rings is 2. The lowest BCUT2D eigenvalue weighted by Crippen LogP contribution is -2.15. The number of anilines is 1. The van der Waals surface area contributed by atoms with Gasteiger partial charge in [0.2, 0.25) is 5.91 Å². The van der Waals surface area contributed by atoms with Crippen LogP contribution < -0.4 is 10.1 Å². The fraction of sp³-hybridized carbons (Fsp3) is 0.0952. The molecule has 0 unspecified atom stereocenters. The number of halogens is 1. The Morgan fingerprint density at radius 1 is 1.29 bits per heavy atom. The van der Waals surface area contributed by atoms with Gasteiger partial charge in [-0.3, -0.25) is 9.59 Å². The molecule has 0 aliphatic rings. The third-order valence-electron chi connectivity index (χ3n) is 3.83. The number of amides is 2. The lowest BCUT2D eigenvalue weighted by molar-refractivity contribution is -0.114. The molecule has 0 spiro atoms. The monoisotopic (exact) mass is 411 g/mol. The van der Waals surface area contributed by atoms with Crippen molar-refractivity contribution in [3.8, 4) is 0 Å². The van der Waals surface area contributed by atoms with Gasteiger partial charge in [-0.2, -0.15) is 4.99 Å². The summed E-state index contributed by atoms with van der Waals surface area (Å²) >= 11 is 7.48. The zero-order chi connectivity index (χ0) is 20.1. The van der Waals surface area contributed by atoms with Crippen molar-refractivity contribution in [1.29, 1.82) is 0 Å². The highest BCUT2D eigenvalue weighted by Gasteiger charge is 2.08. The average Bonchev–Trinajstić information content (AvgIpc) is 2.97. The van der Waals surface area contributed by atoms with Gasteiger partial charge in [0, 0.05) is 30.3 Å². The Balaban J connectivity index is 1.99. The summed E-state index contributed by atoms with van der Waals surface area (Å²) < 4.78 is 2.82. The number of hydrogen-bond donors (Lipinski definition) is 1. The van der Waals surface area contributed by atoms with E-state index in [-0.39, 0.29) is 11.8 Å². The second kappa shape index (κ2) is 8.82. The normalized spacial score (nSPS) is 11.9. The fourth-order valence-corrected chi connectivity index (χ4v) is 3.93. The number of hydrogen-bond acceptors (Lipinski definition) is 3. The quantitative estimate of drug-likeness (QED) is 0.491. The van der Waals surface area contributed by atoms with Crippen molar-refractivity contribution in [3.05, 3.63) is 76.6 Å². The van der Waals surface area contributed by atoms with Gasteiger partial charge in [-0.1, -0.05) is 47.2 Å². The summed E-state index contributed by atoms with van der Waals surface area (Å²) in [4.78, 5) is 28.4. The third kappa shape index (κ3) is 4.65. The number of carbonyl (C=O) groups is 2. The van der Waals surface area contributed by atoms with Gasteiger partial charge >= 0.3 is 0 Å². The van der Waals surface area contributed by atoms with E-state index in [1.54, 1.807) is 18.2 Å². The molecular formula is C21H18ClN3O2S. The summed E-state index contributed by atoms with van der Waals surface area (Å²) in [6, 6.07) is 12.8. The van der Waals surface area contributed by atoms with Crippen molar-refractivity contribution in [2.75, 3.05) is 5.32 Å². The summed E-state index contributed by atoms with van der Waals surface area (Å²) in [6.07, 6.45) is 4.79. The van der Waals surface area contributed by atoms with E-state index in [9.17, 15) is 9.59 Å². The minimum atomic E-state index is -0.383. The first kappa shape index (κ1) is 19.8. The van der Waals surface area contributed by atoms with Gasteiger partial charge in [-0.05, 0) is 35.9 Å². The van der Waals surface area contributed by atoms with Crippen LogP contribution in [0.4, 0.5) is 5.69 Å². The van der Waals surface area contributed by atoms with Gasteiger partial charge in [-0.25, -0.2) is 0 Å². The molecule has 1 N–H and O–H groups in total. The molecule has 28 heavy (non-hydrogen) atoms. The lowest BCUT2D eigenvalue weighted by atomic mass is 10.2. The van der Waals surface area contributed by atoms with E-state index >= 15 is 0 Å². The molecule has 2 amide bonds. The first-order valence-electron chi connectivity index (χ1n) is 8.51. The molecule has 7 heteroatoms. The molecule has 0 saturated heterocycles. The Bertz CT molecular complexity index is 1160. The molecule has 0 radical (unpaired) electrons. The van der Waals surface area contributed by atoms with Crippen LogP contribution in [0.15, 0.2) is 66.2 Å². The smallest absolute Gasteiger partial charge is 0.272 e. The number of thiazole rings is 1. The molecule has 0 aliphatic heterocycles. The van der Waals surface area contributed by atoms with Crippen LogP contribution in [-0.2, 0) is 16.1 Å². The standard InChI is InChI=1S/C21H18ClN3O2S/c1-3-12-25-18-10-9-16(23-14(2)26)13-19(18)28-21(25)24-20(27)11-8-15-6-4-5-7-17(15)22/h3-11,13H,1,12H2,2H3,(H,23,26). The Labute approximate surface area is 171 Å². The van der Waals surface area contributed by atoms with Gasteiger partial charge in [0.1, 0.15) is 0 Å². The fourth-order valence-electron chi connectivity index (χ4n) is 2.65. The second-order valence-electron chi connectivity index (χ2n) is 5.95. The molecule has 1 aromatic heterocycles. The van der Waals surface area contributed by atoms with E-state index < -0.39 is 0 Å². The van der Waals surface area contributed by atoms with Crippen LogP contribution in [0.3, 0.4) is 0 Å². The van der Waals surface area contributed by atoms with E-state index in [0.29, 0.717) is 22.1 Å². The van der Waals surface area contributed by atoms with Crippen LogP contribution in [0.1, 0.15) is 12.5 Å². The third-order valence-corrected chi connectivity index (χ3v) is 5.22. The average molecular weight is 412 g/mol. The zero-order valence-corrected chi connectivity index (χ0v) is 16.8. The summed E-state index contributed by atoms with van der Waals surface area (Å²) in [7, 11) is 0. The lowest BCUT2D eigenvalue weighted by Gasteiger charge is -2.03. The molecule has 2 aromatic carbocycles. The number of fused-ring (bicyclic) bond motifs is 1. The van der Waals surface area contributed by atoms with Crippen LogP contribution in [0.25, 0.3) is 16.3 Å². The molecule has 0 atom stereocenters. The van der Waals surface area contributed by atoms with Crippen molar-refractivity contribution in [3.63, 3.8) is 0 Å². The molecule has 0 fully saturated rings. The number of allylic oxidation sites excluding steroid dienone is 1. The molecule has 0 bridgehead atoms. The van der Waals surface area contributed by atoms with E-state index in [1.807, 2.05) is 41.0 Å². The highest BCUT2D eigenvalue weighted by molar-refractivity contribution is 7.16. The maximum Gasteiger partial charge on any atom is 0.272 e. The number of rotatable bonds is 5. The van der Waals surface area contributed by atoms with Crippen molar-refractivity contribution in [1.82, 2.24) is 4.57 Å². The number of carbonyl (C=O) groups excluding carboxylic acids is 2. The summed E-state index contributed by atoms with van der Waals surface area (Å²) in [5, 5.41) is 3.33. The highest BCUT2D eigenvalue weighted by Crippen LogP contribution is 2.22. The molecule has 3 aromatic rings. The second-order valence-corrected chi connectivity index (χ2v) is 7.37. The number of nitrogens with zero attached hydrogens (tertiary/aromatic N) is 2. The summed E-state index contributed by atoms with van der Waals surface area (Å²) in [6.45, 7) is 5.75. The van der Waals surface area contributed by atoms with E-state index in [4.69, 9.17) is 11.6 Å². The van der Waals surface area contributed by atoms with Crippen LogP contribution in [-0.4, -0.2) is 16.4 Å². The molecule has 1 heterocycles. The molecule has 0 saturated carbocycles. The van der Waals surface area contributed by atoms with Gasteiger partial charge in [0.05, 0.1) is 10.2 Å². The van der Waals surface area contributed by atoms with Gasteiger partial charge in [0.15, 0.2) is 4.80 Å². The SMILES string of the molecule is C=CCn1c(=NC(=O)C=Cc2ccccc2Cl)sc2cc(NC(C)=O)ccc21. The summed E-state index contributed by atoms with van der Waals surface area (Å²) in [5.41, 5.74) is 2.37. The van der Waals surface area contributed by atoms with Crippen molar-refractivity contribution in [2.24, 2.45) is 4.99 Å². The van der Waals surface area contributed by atoms with Crippen LogP contribution in [0.5, 0.6) is 0 Å². The Morgan fingerprint density at radius 2 is 2.07 bits per heavy atom.